The van der Waals surface area contributed by atoms with Crippen molar-refractivity contribution >= 4 is 42.8 Å². The van der Waals surface area contributed by atoms with E-state index in [0.29, 0.717) is 5.56 Å². The normalized spacial score (nSPS) is 11.7. The molecule has 0 saturated heterocycles. The molecule has 0 bridgehead atoms. The van der Waals surface area contributed by atoms with E-state index in [1.807, 2.05) is 0 Å². The molecule has 2 N–H and O–H groups in total. The smallest absolute Gasteiger partial charge is 0.264 e. The third-order valence-corrected chi connectivity index (χ3v) is 9.95. The standard InChI is InChI=1S/C28H25ClF2N2O7S2/c29-21-6-11-25(12-7-21)42(38,39)32(27-18-22(30)8-15-26(27)31)19-20-4-1-2-5-28(20)40-16-3-17-41(36,37)24-13-9-23(10-14-24)33(34)35/h1-2,4-15,18,34-35H,3,16-17,19H2. The first-order valence-corrected chi connectivity index (χ1v) is 15.8. The van der Waals surface area contributed by atoms with Crippen molar-refractivity contribution in [3.63, 3.8) is 0 Å². The Hall–Kier alpha value is -3.75. The number of halogens is 3. The monoisotopic (exact) mass is 638 g/mol. The van der Waals surface area contributed by atoms with E-state index in [9.17, 15) is 25.6 Å². The van der Waals surface area contributed by atoms with Crippen LogP contribution < -0.4 is 14.3 Å². The maximum absolute atomic E-state index is 14.9. The van der Waals surface area contributed by atoms with Crippen LogP contribution in [0.3, 0.4) is 0 Å². The molecule has 0 aliphatic carbocycles. The molecule has 4 rings (SSSR count). The number of hydrogen-bond donors (Lipinski definition) is 2. The highest BCUT2D eigenvalue weighted by Gasteiger charge is 2.29. The van der Waals surface area contributed by atoms with Gasteiger partial charge in [0, 0.05) is 16.7 Å². The van der Waals surface area contributed by atoms with Gasteiger partial charge in [0.25, 0.3) is 10.0 Å². The maximum atomic E-state index is 14.9. The molecule has 0 amide bonds. The van der Waals surface area contributed by atoms with Gasteiger partial charge in [0.1, 0.15) is 17.4 Å². The van der Waals surface area contributed by atoms with E-state index in [-0.39, 0.29) is 50.3 Å². The highest BCUT2D eigenvalue weighted by molar-refractivity contribution is 7.92. The van der Waals surface area contributed by atoms with Gasteiger partial charge in [-0.05, 0) is 73.2 Å². The number of sulfone groups is 1. The van der Waals surface area contributed by atoms with Crippen LogP contribution in [-0.2, 0) is 26.4 Å². The molecule has 14 heteroatoms. The number of hydrogen-bond acceptors (Lipinski definition) is 8. The summed E-state index contributed by atoms with van der Waals surface area (Å²) in [4.78, 5) is -0.216. The van der Waals surface area contributed by atoms with Crippen LogP contribution in [0.15, 0.2) is 101 Å². The second-order valence-electron chi connectivity index (χ2n) is 8.97. The number of ether oxygens (including phenoxy) is 1. The molecule has 0 unspecified atom stereocenters. The molecule has 0 saturated carbocycles. The van der Waals surface area contributed by atoms with Crippen LogP contribution in [0.2, 0.25) is 5.02 Å². The van der Waals surface area contributed by atoms with Crippen molar-refractivity contribution in [2.75, 3.05) is 21.9 Å². The van der Waals surface area contributed by atoms with Gasteiger partial charge in [-0.15, -0.1) is 5.23 Å². The predicted molar refractivity (Wildman–Crippen MR) is 152 cm³/mol. The Balaban J connectivity index is 1.54. The topological polar surface area (TPSA) is 124 Å². The van der Waals surface area contributed by atoms with Crippen LogP contribution in [0.4, 0.5) is 20.2 Å². The SMILES string of the molecule is O=S(=O)(CCCOc1ccccc1CN(c1cc(F)ccc1F)S(=O)(=O)c1ccc(Cl)cc1)c1ccc(N(O)O)cc1. The molecule has 0 spiro atoms. The van der Waals surface area contributed by atoms with Gasteiger partial charge in [0.15, 0.2) is 9.84 Å². The summed E-state index contributed by atoms with van der Waals surface area (Å²) >= 11 is 5.90. The molecule has 0 radical (unpaired) electrons. The first kappa shape index (κ1) is 31.2. The van der Waals surface area contributed by atoms with E-state index in [0.717, 1.165) is 22.5 Å². The zero-order valence-corrected chi connectivity index (χ0v) is 24.2. The van der Waals surface area contributed by atoms with Crippen LogP contribution in [-0.4, -0.2) is 39.6 Å². The van der Waals surface area contributed by atoms with Gasteiger partial charge in [-0.25, -0.2) is 25.6 Å². The highest BCUT2D eigenvalue weighted by atomic mass is 35.5. The van der Waals surface area contributed by atoms with Crippen LogP contribution in [0, 0.1) is 11.6 Å². The number of benzene rings is 4. The van der Waals surface area contributed by atoms with E-state index in [2.05, 4.69) is 0 Å². The van der Waals surface area contributed by atoms with Crippen molar-refractivity contribution in [3.05, 3.63) is 113 Å². The number of anilines is 2. The second kappa shape index (κ2) is 13.0. The first-order valence-electron chi connectivity index (χ1n) is 12.3. The number of para-hydroxylation sites is 1. The molecular formula is C28H25ClF2N2O7S2. The maximum Gasteiger partial charge on any atom is 0.264 e. The summed E-state index contributed by atoms with van der Waals surface area (Å²) in [5, 5.41) is 18.2. The Labute approximate surface area is 246 Å². The summed E-state index contributed by atoms with van der Waals surface area (Å²) in [5.74, 6) is -1.87. The lowest BCUT2D eigenvalue weighted by molar-refractivity contribution is 0.0291. The zero-order chi connectivity index (χ0) is 30.5. The minimum absolute atomic E-state index is 0.0147. The Morgan fingerprint density at radius 2 is 1.45 bits per heavy atom. The fourth-order valence-corrected chi connectivity index (χ4v) is 6.83. The zero-order valence-electron chi connectivity index (χ0n) is 21.8. The fourth-order valence-electron chi connectivity index (χ4n) is 3.98. The number of sulfonamides is 1. The van der Waals surface area contributed by atoms with E-state index < -0.39 is 43.7 Å². The van der Waals surface area contributed by atoms with Gasteiger partial charge in [0.2, 0.25) is 0 Å². The van der Waals surface area contributed by atoms with Gasteiger partial charge in [0.05, 0.1) is 40.1 Å². The van der Waals surface area contributed by atoms with Crippen LogP contribution >= 0.6 is 11.6 Å². The van der Waals surface area contributed by atoms with Gasteiger partial charge < -0.3 is 4.74 Å². The lowest BCUT2D eigenvalue weighted by Crippen LogP contribution is -2.31. The predicted octanol–water partition coefficient (Wildman–Crippen LogP) is 5.84. The molecule has 4 aromatic carbocycles. The quantitative estimate of drug-likeness (QED) is 0.146. The minimum atomic E-state index is -4.41. The molecule has 0 aliphatic heterocycles. The molecule has 9 nitrogen and oxygen atoms in total. The lowest BCUT2D eigenvalue weighted by atomic mass is 10.2. The van der Waals surface area contributed by atoms with E-state index >= 15 is 0 Å². The molecule has 0 heterocycles. The van der Waals surface area contributed by atoms with Crippen LogP contribution in [0.1, 0.15) is 12.0 Å². The van der Waals surface area contributed by atoms with Crippen molar-refractivity contribution in [1.82, 2.24) is 0 Å². The summed E-state index contributed by atoms with van der Waals surface area (Å²) in [7, 11) is -8.13. The lowest BCUT2D eigenvalue weighted by Gasteiger charge is -2.26. The molecule has 0 fully saturated rings. The van der Waals surface area contributed by atoms with Gasteiger partial charge >= 0.3 is 0 Å². The summed E-state index contributed by atoms with van der Waals surface area (Å²) in [5.41, 5.74) is -0.212. The van der Waals surface area contributed by atoms with Crippen LogP contribution in [0.5, 0.6) is 5.75 Å². The average Bonchev–Trinajstić information content (AvgIpc) is 2.96. The van der Waals surface area contributed by atoms with Crippen molar-refractivity contribution in [2.45, 2.75) is 22.8 Å². The van der Waals surface area contributed by atoms with Crippen LogP contribution in [0.25, 0.3) is 0 Å². The summed E-state index contributed by atoms with van der Waals surface area (Å²) in [6, 6.07) is 19.0. The third-order valence-electron chi connectivity index (χ3n) is 6.11. The Kier molecular flexibility index (Phi) is 9.69. The van der Waals surface area contributed by atoms with Gasteiger partial charge in [-0.3, -0.25) is 14.7 Å². The molecule has 0 aliphatic rings. The summed E-state index contributed by atoms with van der Waals surface area (Å²) < 4.78 is 88.2. The Morgan fingerprint density at radius 1 is 0.810 bits per heavy atom. The molecule has 0 aromatic heterocycles. The van der Waals surface area contributed by atoms with E-state index in [1.165, 1.54) is 48.5 Å². The molecule has 0 atom stereocenters. The van der Waals surface area contributed by atoms with Gasteiger partial charge in [-0.2, -0.15) is 0 Å². The fraction of sp³-hybridized carbons (Fsp3) is 0.143. The molecule has 42 heavy (non-hydrogen) atoms. The Morgan fingerprint density at radius 3 is 2.12 bits per heavy atom. The summed E-state index contributed by atoms with van der Waals surface area (Å²) in [6.45, 7) is -0.494. The van der Waals surface area contributed by atoms with Crippen molar-refractivity contribution in [3.8, 4) is 5.75 Å². The van der Waals surface area contributed by atoms with Crippen molar-refractivity contribution in [1.29, 1.82) is 0 Å². The third kappa shape index (κ3) is 7.36. The van der Waals surface area contributed by atoms with Gasteiger partial charge in [-0.1, -0.05) is 29.8 Å². The van der Waals surface area contributed by atoms with Crippen molar-refractivity contribution in [2.24, 2.45) is 0 Å². The minimum Gasteiger partial charge on any atom is -0.493 e. The van der Waals surface area contributed by atoms with E-state index in [1.54, 1.807) is 24.3 Å². The average molecular weight is 639 g/mol. The molecule has 4 aromatic rings. The molecule has 222 valence electrons. The second-order valence-corrected chi connectivity index (χ2v) is 13.4. The van der Waals surface area contributed by atoms with Crippen molar-refractivity contribution < 1.29 is 40.8 Å². The van der Waals surface area contributed by atoms with E-state index in [4.69, 9.17) is 26.8 Å². The highest BCUT2D eigenvalue weighted by Crippen LogP contribution is 2.32. The summed E-state index contributed by atoms with van der Waals surface area (Å²) in [6.07, 6.45) is 0.0653. The Bertz CT molecular complexity index is 1750. The first-order chi connectivity index (χ1) is 19.9. The number of nitrogens with zero attached hydrogens (tertiary/aromatic N) is 2. The molecular weight excluding hydrogens is 614 g/mol. The largest absolute Gasteiger partial charge is 0.493 e. The number of rotatable bonds is 12.